The van der Waals surface area contributed by atoms with Gasteiger partial charge in [0.05, 0.1) is 34.1 Å². The van der Waals surface area contributed by atoms with Crippen LogP contribution in [0.5, 0.6) is 0 Å². The van der Waals surface area contributed by atoms with Crippen LogP contribution >= 0.6 is 12.6 Å². The van der Waals surface area contributed by atoms with Gasteiger partial charge in [-0.2, -0.15) is 5.10 Å². The van der Waals surface area contributed by atoms with Gasteiger partial charge in [-0.25, -0.2) is 4.68 Å². The van der Waals surface area contributed by atoms with Gasteiger partial charge >= 0.3 is 0 Å². The highest BCUT2D eigenvalue weighted by Crippen LogP contribution is 2.39. The molecular formula is C31H41N7O2S. The summed E-state index contributed by atoms with van der Waals surface area (Å²) in [5.74, 6) is 0.189. The molecule has 1 saturated heterocycles. The van der Waals surface area contributed by atoms with Crippen LogP contribution in [0.4, 0.5) is 0 Å². The topological polar surface area (TPSA) is 109 Å². The minimum Gasteiger partial charge on any atom is -0.372 e. The van der Waals surface area contributed by atoms with Crippen molar-refractivity contribution in [2.75, 3.05) is 34.2 Å². The Hall–Kier alpha value is -3.76. The fourth-order valence-electron chi connectivity index (χ4n) is 5.25. The molecule has 218 valence electrons. The lowest BCUT2D eigenvalue weighted by molar-refractivity contribution is -0.131. The summed E-state index contributed by atoms with van der Waals surface area (Å²) in [6, 6.07) is 8.67. The molecule has 0 atom stereocenters. The molecule has 1 aromatic heterocycles. The predicted molar refractivity (Wildman–Crippen MR) is 172 cm³/mol. The van der Waals surface area contributed by atoms with Crippen molar-refractivity contribution in [3.63, 3.8) is 0 Å². The largest absolute Gasteiger partial charge is 0.372 e. The van der Waals surface area contributed by atoms with Gasteiger partial charge in [-0.3, -0.25) is 19.6 Å². The van der Waals surface area contributed by atoms with Gasteiger partial charge in [0.25, 0.3) is 0 Å². The van der Waals surface area contributed by atoms with Crippen LogP contribution in [0.1, 0.15) is 48.7 Å². The molecule has 1 aliphatic carbocycles. The van der Waals surface area contributed by atoms with E-state index in [1.807, 2.05) is 53.1 Å². The molecule has 41 heavy (non-hydrogen) atoms. The monoisotopic (exact) mass is 575 g/mol. The van der Waals surface area contributed by atoms with Crippen LogP contribution in [0.2, 0.25) is 0 Å². The number of aliphatic imine (C=N–C) groups is 2. The fourth-order valence-corrected chi connectivity index (χ4v) is 5.65. The molecule has 1 fully saturated rings. The smallest absolute Gasteiger partial charge is 0.226 e. The van der Waals surface area contributed by atoms with E-state index in [1.54, 1.807) is 19.3 Å². The molecule has 2 heterocycles. The van der Waals surface area contributed by atoms with Crippen molar-refractivity contribution in [1.29, 1.82) is 0 Å². The summed E-state index contributed by atoms with van der Waals surface area (Å²) < 4.78 is 1.94. The van der Waals surface area contributed by atoms with Gasteiger partial charge in [0.15, 0.2) is 0 Å². The zero-order valence-corrected chi connectivity index (χ0v) is 25.3. The van der Waals surface area contributed by atoms with Crippen LogP contribution in [0, 0.1) is 0 Å². The number of hydrogen-bond donors (Lipinski definition) is 2. The Bertz CT molecular complexity index is 1350. The predicted octanol–water partition coefficient (Wildman–Crippen LogP) is 3.97. The average Bonchev–Trinajstić information content (AvgIpc) is 3.35. The molecule has 9 nitrogen and oxygen atoms in total. The lowest BCUT2D eigenvalue weighted by Crippen LogP contribution is -2.44. The second kappa shape index (κ2) is 15.3. The van der Waals surface area contributed by atoms with E-state index in [9.17, 15) is 4.79 Å². The van der Waals surface area contributed by atoms with E-state index in [1.165, 1.54) is 0 Å². The number of allylic oxidation sites excluding steroid dienone is 4. The third-order valence-corrected chi connectivity index (χ3v) is 7.77. The SMILES string of the molecule is C=C/C=C(\C=NC)c1nn(-c2ccc(CC(=O)N3CCC(N(C)C)CC3)cc2)c2c1CCC(N=CC)=C2S.NC=O. The van der Waals surface area contributed by atoms with Gasteiger partial charge in [0.2, 0.25) is 12.3 Å². The molecule has 2 amide bonds. The lowest BCUT2D eigenvalue weighted by atomic mass is 9.96. The van der Waals surface area contributed by atoms with Gasteiger partial charge in [0, 0.05) is 49.7 Å². The molecule has 1 aromatic carbocycles. The number of hydrogen-bond acceptors (Lipinski definition) is 7. The molecule has 1 aliphatic heterocycles. The quantitative estimate of drug-likeness (QED) is 0.215. The van der Waals surface area contributed by atoms with Gasteiger partial charge in [0.1, 0.15) is 0 Å². The van der Waals surface area contributed by atoms with E-state index >= 15 is 0 Å². The van der Waals surface area contributed by atoms with Crippen LogP contribution < -0.4 is 5.73 Å². The van der Waals surface area contributed by atoms with E-state index in [0.717, 1.165) is 83.2 Å². The maximum atomic E-state index is 13.0. The zero-order chi connectivity index (χ0) is 29.9. The van der Waals surface area contributed by atoms with Crippen LogP contribution in [-0.4, -0.2) is 84.6 Å². The summed E-state index contributed by atoms with van der Waals surface area (Å²) in [4.78, 5) is 35.4. The van der Waals surface area contributed by atoms with Crippen molar-refractivity contribution in [3.8, 4) is 5.69 Å². The van der Waals surface area contributed by atoms with E-state index < -0.39 is 0 Å². The summed E-state index contributed by atoms with van der Waals surface area (Å²) in [7, 11) is 5.98. The number of fused-ring (bicyclic) bond motifs is 1. The first-order valence-electron chi connectivity index (χ1n) is 13.8. The number of nitrogens with two attached hydrogens (primary N) is 1. The highest BCUT2D eigenvalue weighted by atomic mass is 32.1. The second-order valence-electron chi connectivity index (χ2n) is 10.1. The zero-order valence-electron chi connectivity index (χ0n) is 24.5. The summed E-state index contributed by atoms with van der Waals surface area (Å²) in [5, 5.41) is 5.03. The number of amides is 2. The van der Waals surface area contributed by atoms with Crippen molar-refractivity contribution in [1.82, 2.24) is 19.6 Å². The summed E-state index contributed by atoms with van der Waals surface area (Å²) in [5.41, 5.74) is 10.9. The number of benzene rings is 1. The van der Waals surface area contributed by atoms with Gasteiger partial charge in [-0.15, -0.1) is 12.6 Å². The highest BCUT2D eigenvalue weighted by Gasteiger charge is 2.28. The minimum atomic E-state index is 0.189. The molecule has 0 radical (unpaired) electrons. The van der Waals surface area contributed by atoms with Crippen LogP contribution in [0.25, 0.3) is 16.2 Å². The van der Waals surface area contributed by atoms with E-state index in [2.05, 4.69) is 41.3 Å². The lowest BCUT2D eigenvalue weighted by Gasteiger charge is -2.35. The number of thiol groups is 1. The summed E-state index contributed by atoms with van der Waals surface area (Å²) in [6.07, 6.45) is 11.6. The van der Waals surface area contributed by atoms with Crippen LogP contribution in [0.15, 0.2) is 58.7 Å². The summed E-state index contributed by atoms with van der Waals surface area (Å²) in [6.45, 7) is 7.43. The number of primary amides is 1. The van der Waals surface area contributed by atoms with Gasteiger partial charge < -0.3 is 15.5 Å². The van der Waals surface area contributed by atoms with Crippen molar-refractivity contribution >= 4 is 47.9 Å². The Kier molecular flexibility index (Phi) is 11.9. The number of carbonyl (C=O) groups is 2. The fraction of sp³-hybridized carbons (Fsp3) is 0.387. The molecule has 0 unspecified atom stereocenters. The first kappa shape index (κ1) is 31.8. The Morgan fingerprint density at radius 3 is 2.44 bits per heavy atom. The third-order valence-electron chi connectivity index (χ3n) is 7.30. The molecule has 4 rings (SSSR count). The second-order valence-corrected chi connectivity index (χ2v) is 10.5. The molecule has 10 heteroatoms. The molecule has 2 N–H and O–H groups in total. The van der Waals surface area contributed by atoms with E-state index in [-0.39, 0.29) is 12.3 Å². The number of likely N-dealkylation sites (tertiary alicyclic amines) is 1. The van der Waals surface area contributed by atoms with E-state index in [4.69, 9.17) is 22.5 Å². The van der Waals surface area contributed by atoms with Gasteiger partial charge in [-0.05, 0) is 64.4 Å². The molecule has 0 saturated carbocycles. The first-order chi connectivity index (χ1) is 19.8. The van der Waals surface area contributed by atoms with Gasteiger partial charge in [-0.1, -0.05) is 30.9 Å². The van der Waals surface area contributed by atoms with Crippen molar-refractivity contribution in [2.24, 2.45) is 15.7 Å². The van der Waals surface area contributed by atoms with Crippen molar-refractivity contribution in [2.45, 2.75) is 45.1 Å². The third kappa shape index (κ3) is 7.71. The standard InChI is InChI=1S/C30H38N6OS.CH3NO/c1-6-8-22(20-31-3)28-25-13-14-26(32-7-2)30(38)29(25)36(33-28)24-11-9-21(10-12-24)19-27(37)35-17-15-23(16-18-35)34(4)5;2-1-3/h6-12,20,23,38H,1,13-19H2,2-5H3;1H,(H2,2,3)/b22-8+,31-20?,32-7?;. The Morgan fingerprint density at radius 2 is 1.88 bits per heavy atom. The Balaban J connectivity index is 0.00000147. The highest BCUT2D eigenvalue weighted by molar-refractivity contribution is 7.90. The molecule has 2 aliphatic rings. The number of rotatable bonds is 8. The first-order valence-corrected chi connectivity index (χ1v) is 14.2. The number of carbonyl (C=O) groups excluding carboxylic acids is 2. The average molecular weight is 576 g/mol. The summed E-state index contributed by atoms with van der Waals surface area (Å²) >= 11 is 4.90. The number of aromatic nitrogens is 2. The maximum absolute atomic E-state index is 13.0. The Labute approximate surface area is 248 Å². The molecule has 0 bridgehead atoms. The van der Waals surface area contributed by atoms with Crippen molar-refractivity contribution in [3.05, 3.63) is 71.2 Å². The minimum absolute atomic E-state index is 0.189. The van der Waals surface area contributed by atoms with E-state index in [0.29, 0.717) is 12.5 Å². The Morgan fingerprint density at radius 1 is 1.22 bits per heavy atom. The van der Waals surface area contributed by atoms with Crippen LogP contribution in [0.3, 0.4) is 0 Å². The molecule has 2 aromatic rings. The van der Waals surface area contributed by atoms with Crippen molar-refractivity contribution < 1.29 is 9.59 Å². The van der Waals surface area contributed by atoms with Crippen LogP contribution in [-0.2, 0) is 22.4 Å². The number of piperidine rings is 1. The normalized spacial score (nSPS) is 16.2. The number of nitrogens with zero attached hydrogens (tertiary/aromatic N) is 6. The molecular weight excluding hydrogens is 534 g/mol. The molecule has 0 spiro atoms. The maximum Gasteiger partial charge on any atom is 0.226 e.